The molecule has 0 aliphatic rings. The molecular formula is C17H17FN4O. The van der Waals surface area contributed by atoms with Crippen LogP contribution in [0.2, 0.25) is 0 Å². The minimum atomic E-state index is -0.315. The van der Waals surface area contributed by atoms with Crippen molar-refractivity contribution < 1.29 is 9.18 Å². The lowest BCUT2D eigenvalue weighted by molar-refractivity contribution is 0.0953. The van der Waals surface area contributed by atoms with E-state index >= 15 is 0 Å². The van der Waals surface area contributed by atoms with Crippen molar-refractivity contribution in [1.29, 1.82) is 0 Å². The van der Waals surface area contributed by atoms with Crippen LogP contribution in [0.1, 0.15) is 23.7 Å². The summed E-state index contributed by atoms with van der Waals surface area (Å²) < 4.78 is 16.6. The first-order valence-corrected chi connectivity index (χ1v) is 7.46. The lowest BCUT2D eigenvalue weighted by atomic mass is 10.2. The molecule has 0 unspecified atom stereocenters. The van der Waals surface area contributed by atoms with Crippen molar-refractivity contribution in [2.75, 3.05) is 6.54 Å². The number of hydrogen-bond acceptors (Lipinski definition) is 2. The van der Waals surface area contributed by atoms with E-state index in [9.17, 15) is 9.18 Å². The molecule has 5 nitrogen and oxygen atoms in total. The fourth-order valence-electron chi connectivity index (χ4n) is 2.33. The van der Waals surface area contributed by atoms with E-state index in [1.54, 1.807) is 16.8 Å². The first-order chi connectivity index (χ1) is 11.2. The van der Waals surface area contributed by atoms with Crippen LogP contribution in [-0.2, 0) is 0 Å². The number of nitrogens with zero attached hydrogens (tertiary/aromatic N) is 3. The molecule has 1 amide bonds. The second-order valence-corrected chi connectivity index (χ2v) is 5.12. The number of amides is 1. The monoisotopic (exact) mass is 312 g/mol. The molecule has 1 N–H and O–H groups in total. The Labute approximate surface area is 133 Å². The summed E-state index contributed by atoms with van der Waals surface area (Å²) in [6, 6.07) is 9.73. The minimum Gasteiger partial charge on any atom is -0.352 e. The maximum absolute atomic E-state index is 13.2. The predicted octanol–water partition coefficient (Wildman–Crippen LogP) is 2.94. The minimum absolute atomic E-state index is 0.177. The van der Waals surface area contributed by atoms with E-state index < -0.39 is 0 Å². The Kier molecular flexibility index (Phi) is 4.23. The Morgan fingerprint density at radius 1 is 1.22 bits per heavy atom. The standard InChI is InChI=1S/C17H17FN4O/c1-2-9-19-16(23)15-12-20-22(14-7-5-13(18)6-8-14)17(15)21-10-3-4-11-21/h3-8,10-12H,2,9H2,1H3,(H,19,23). The summed E-state index contributed by atoms with van der Waals surface area (Å²) >= 11 is 0. The molecule has 0 spiro atoms. The second-order valence-electron chi connectivity index (χ2n) is 5.12. The zero-order valence-corrected chi connectivity index (χ0v) is 12.7. The van der Waals surface area contributed by atoms with Gasteiger partial charge in [0.1, 0.15) is 11.4 Å². The van der Waals surface area contributed by atoms with Crippen LogP contribution in [0.4, 0.5) is 4.39 Å². The Balaban J connectivity index is 2.08. The van der Waals surface area contributed by atoms with Crippen LogP contribution in [-0.4, -0.2) is 26.8 Å². The van der Waals surface area contributed by atoms with E-state index in [0.717, 1.165) is 6.42 Å². The number of hydrogen-bond donors (Lipinski definition) is 1. The van der Waals surface area contributed by atoms with Crippen LogP contribution >= 0.6 is 0 Å². The summed E-state index contributed by atoms with van der Waals surface area (Å²) in [5.74, 6) is 0.128. The van der Waals surface area contributed by atoms with Crippen molar-refractivity contribution in [3.8, 4) is 11.5 Å². The highest BCUT2D eigenvalue weighted by atomic mass is 19.1. The third-order valence-electron chi connectivity index (χ3n) is 3.44. The van der Waals surface area contributed by atoms with Crippen LogP contribution in [0, 0.1) is 5.82 Å². The lowest BCUT2D eigenvalue weighted by Gasteiger charge is -2.11. The summed E-state index contributed by atoms with van der Waals surface area (Å²) in [5, 5.41) is 7.17. The smallest absolute Gasteiger partial charge is 0.256 e. The fourth-order valence-corrected chi connectivity index (χ4v) is 2.33. The van der Waals surface area contributed by atoms with Crippen LogP contribution < -0.4 is 5.32 Å². The molecule has 1 aromatic carbocycles. The maximum Gasteiger partial charge on any atom is 0.256 e. The summed E-state index contributed by atoms with van der Waals surface area (Å²) in [5.41, 5.74) is 1.16. The van der Waals surface area contributed by atoms with Gasteiger partial charge in [-0.2, -0.15) is 5.10 Å². The molecule has 0 aliphatic carbocycles. The summed E-state index contributed by atoms with van der Waals surface area (Å²) in [6.07, 6.45) is 6.07. The average molecular weight is 312 g/mol. The highest BCUT2D eigenvalue weighted by Crippen LogP contribution is 2.20. The van der Waals surface area contributed by atoms with Crippen LogP contribution in [0.15, 0.2) is 55.0 Å². The van der Waals surface area contributed by atoms with Gasteiger partial charge in [0.2, 0.25) is 0 Å². The molecule has 3 aromatic rings. The number of nitrogens with one attached hydrogen (secondary N) is 1. The molecule has 2 aromatic heterocycles. The highest BCUT2D eigenvalue weighted by Gasteiger charge is 2.19. The molecule has 0 radical (unpaired) electrons. The van der Waals surface area contributed by atoms with Crippen molar-refractivity contribution in [1.82, 2.24) is 19.7 Å². The van der Waals surface area contributed by atoms with Crippen molar-refractivity contribution in [2.45, 2.75) is 13.3 Å². The number of carbonyl (C=O) groups is 1. The van der Waals surface area contributed by atoms with E-state index in [1.807, 2.05) is 36.0 Å². The molecule has 0 fully saturated rings. The Morgan fingerprint density at radius 3 is 2.57 bits per heavy atom. The van der Waals surface area contributed by atoms with Gasteiger partial charge in [0.15, 0.2) is 5.82 Å². The second kappa shape index (κ2) is 6.48. The molecule has 0 bridgehead atoms. The number of halogens is 1. The van der Waals surface area contributed by atoms with Gasteiger partial charge < -0.3 is 9.88 Å². The lowest BCUT2D eigenvalue weighted by Crippen LogP contribution is -2.25. The zero-order chi connectivity index (χ0) is 16.2. The fraction of sp³-hybridized carbons (Fsp3) is 0.176. The van der Waals surface area contributed by atoms with Crippen molar-refractivity contribution in [3.05, 3.63) is 66.4 Å². The van der Waals surface area contributed by atoms with Gasteiger partial charge in [-0.05, 0) is 42.8 Å². The molecule has 23 heavy (non-hydrogen) atoms. The molecular weight excluding hydrogens is 295 g/mol. The van der Waals surface area contributed by atoms with Gasteiger partial charge in [-0.25, -0.2) is 9.07 Å². The van der Waals surface area contributed by atoms with Gasteiger partial charge >= 0.3 is 0 Å². The van der Waals surface area contributed by atoms with Crippen molar-refractivity contribution in [3.63, 3.8) is 0 Å². The SMILES string of the molecule is CCCNC(=O)c1cnn(-c2ccc(F)cc2)c1-n1cccc1. The summed E-state index contributed by atoms with van der Waals surface area (Å²) in [4.78, 5) is 12.4. The van der Waals surface area contributed by atoms with E-state index in [-0.39, 0.29) is 11.7 Å². The molecule has 0 aliphatic heterocycles. The normalized spacial score (nSPS) is 10.7. The Morgan fingerprint density at radius 2 is 1.91 bits per heavy atom. The zero-order valence-electron chi connectivity index (χ0n) is 12.7. The molecule has 0 atom stereocenters. The van der Waals surface area contributed by atoms with Gasteiger partial charge in [0.25, 0.3) is 5.91 Å². The first kappa shape index (κ1) is 15.0. The molecule has 118 valence electrons. The molecule has 0 saturated carbocycles. The van der Waals surface area contributed by atoms with E-state index in [1.165, 1.54) is 18.3 Å². The van der Waals surface area contributed by atoms with Gasteiger partial charge in [-0.3, -0.25) is 4.79 Å². The molecule has 3 rings (SSSR count). The van der Waals surface area contributed by atoms with Gasteiger partial charge in [-0.1, -0.05) is 6.92 Å². The third-order valence-corrected chi connectivity index (χ3v) is 3.44. The van der Waals surface area contributed by atoms with Crippen molar-refractivity contribution >= 4 is 5.91 Å². The molecule has 2 heterocycles. The van der Waals surface area contributed by atoms with E-state index in [4.69, 9.17) is 0 Å². The van der Waals surface area contributed by atoms with Crippen LogP contribution in [0.5, 0.6) is 0 Å². The number of carbonyl (C=O) groups excluding carboxylic acids is 1. The molecule has 0 saturated heterocycles. The number of benzene rings is 1. The van der Waals surface area contributed by atoms with Crippen LogP contribution in [0.25, 0.3) is 11.5 Å². The van der Waals surface area contributed by atoms with Gasteiger partial charge in [0.05, 0.1) is 11.9 Å². The molecule has 6 heteroatoms. The number of aromatic nitrogens is 3. The van der Waals surface area contributed by atoms with Gasteiger partial charge in [-0.15, -0.1) is 0 Å². The van der Waals surface area contributed by atoms with Gasteiger partial charge in [0, 0.05) is 18.9 Å². The maximum atomic E-state index is 13.2. The van der Waals surface area contributed by atoms with Crippen molar-refractivity contribution in [2.24, 2.45) is 0 Å². The largest absolute Gasteiger partial charge is 0.352 e. The highest BCUT2D eigenvalue weighted by molar-refractivity contribution is 5.97. The summed E-state index contributed by atoms with van der Waals surface area (Å²) in [7, 11) is 0. The number of rotatable bonds is 5. The average Bonchev–Trinajstić information content (AvgIpc) is 3.22. The van der Waals surface area contributed by atoms with E-state index in [0.29, 0.717) is 23.6 Å². The third kappa shape index (κ3) is 3.01. The summed E-state index contributed by atoms with van der Waals surface area (Å²) in [6.45, 7) is 2.60. The topological polar surface area (TPSA) is 51.9 Å². The first-order valence-electron chi connectivity index (χ1n) is 7.46. The Hall–Kier alpha value is -2.89. The predicted molar refractivity (Wildman–Crippen MR) is 85.5 cm³/mol. The van der Waals surface area contributed by atoms with Crippen LogP contribution in [0.3, 0.4) is 0 Å². The van der Waals surface area contributed by atoms with E-state index in [2.05, 4.69) is 10.4 Å². The quantitative estimate of drug-likeness (QED) is 0.787. The Bertz CT molecular complexity index is 791.